The third-order valence-corrected chi connectivity index (χ3v) is 5.06. The Morgan fingerprint density at radius 3 is 2.89 bits per heavy atom. The van der Waals surface area contributed by atoms with Crippen LogP contribution in [-0.4, -0.2) is 33.5 Å². The highest BCUT2D eigenvalue weighted by Gasteiger charge is 2.17. The summed E-state index contributed by atoms with van der Waals surface area (Å²) in [6.45, 7) is 5.08. The van der Waals surface area contributed by atoms with Gasteiger partial charge in [0.05, 0.1) is 24.7 Å². The Morgan fingerprint density at radius 2 is 2.19 bits per heavy atom. The summed E-state index contributed by atoms with van der Waals surface area (Å²) >= 11 is 1.37. The molecular weight excluding hydrogens is 364 g/mol. The maximum absolute atomic E-state index is 12.2. The van der Waals surface area contributed by atoms with Crippen molar-refractivity contribution in [1.82, 2.24) is 20.1 Å². The summed E-state index contributed by atoms with van der Waals surface area (Å²) in [5, 5.41) is 12.1. The number of ether oxygens (including phenoxy) is 1. The number of carbonyl (C=O) groups excluding carboxylic acids is 1. The van der Waals surface area contributed by atoms with E-state index < -0.39 is 0 Å². The SMILES string of the molecule is CCn1c(SCC(=O)NCc2cccc(OC)c2)nnc1-c1ccoc1C. The van der Waals surface area contributed by atoms with Gasteiger partial charge in [0.2, 0.25) is 5.91 Å². The molecule has 0 radical (unpaired) electrons. The van der Waals surface area contributed by atoms with Gasteiger partial charge in [-0.2, -0.15) is 0 Å². The number of amides is 1. The molecule has 3 aromatic rings. The highest BCUT2D eigenvalue weighted by molar-refractivity contribution is 7.99. The lowest BCUT2D eigenvalue weighted by Crippen LogP contribution is -2.24. The van der Waals surface area contributed by atoms with E-state index in [0.29, 0.717) is 18.2 Å². The monoisotopic (exact) mass is 386 g/mol. The largest absolute Gasteiger partial charge is 0.497 e. The molecule has 1 N–H and O–H groups in total. The summed E-state index contributed by atoms with van der Waals surface area (Å²) in [5.41, 5.74) is 1.90. The van der Waals surface area contributed by atoms with Crippen LogP contribution in [0.15, 0.2) is 46.2 Å². The van der Waals surface area contributed by atoms with Gasteiger partial charge >= 0.3 is 0 Å². The van der Waals surface area contributed by atoms with Crippen molar-refractivity contribution in [3.63, 3.8) is 0 Å². The summed E-state index contributed by atoms with van der Waals surface area (Å²) in [6.07, 6.45) is 1.64. The first-order chi connectivity index (χ1) is 13.1. The number of aryl methyl sites for hydroxylation is 1. The second-order valence-corrected chi connectivity index (χ2v) is 6.80. The van der Waals surface area contributed by atoms with E-state index in [-0.39, 0.29) is 11.7 Å². The van der Waals surface area contributed by atoms with Crippen molar-refractivity contribution in [2.75, 3.05) is 12.9 Å². The van der Waals surface area contributed by atoms with Gasteiger partial charge in [-0.25, -0.2) is 0 Å². The Bertz CT molecular complexity index is 919. The predicted octanol–water partition coefficient (Wildman–Crippen LogP) is 3.28. The molecular formula is C19H22N4O3S. The van der Waals surface area contributed by atoms with Crippen molar-refractivity contribution < 1.29 is 13.9 Å². The zero-order valence-electron chi connectivity index (χ0n) is 15.6. The first-order valence-electron chi connectivity index (χ1n) is 8.62. The lowest BCUT2D eigenvalue weighted by molar-refractivity contribution is -0.118. The molecule has 8 heteroatoms. The minimum absolute atomic E-state index is 0.0606. The lowest BCUT2D eigenvalue weighted by Gasteiger charge is -2.08. The molecule has 1 aromatic carbocycles. The molecule has 2 heterocycles. The number of nitrogens with zero attached hydrogens (tertiary/aromatic N) is 3. The maximum atomic E-state index is 12.2. The van der Waals surface area contributed by atoms with Crippen LogP contribution in [0.5, 0.6) is 5.75 Å². The average molecular weight is 386 g/mol. The van der Waals surface area contributed by atoms with E-state index in [1.807, 2.05) is 48.7 Å². The van der Waals surface area contributed by atoms with Gasteiger partial charge in [-0.15, -0.1) is 10.2 Å². The Labute approximate surface area is 162 Å². The molecule has 0 spiro atoms. The van der Waals surface area contributed by atoms with E-state index >= 15 is 0 Å². The summed E-state index contributed by atoms with van der Waals surface area (Å²) in [4.78, 5) is 12.2. The molecule has 0 atom stereocenters. The molecule has 0 aliphatic rings. The molecule has 142 valence electrons. The van der Waals surface area contributed by atoms with Crippen molar-refractivity contribution >= 4 is 17.7 Å². The van der Waals surface area contributed by atoms with Gasteiger partial charge in [0, 0.05) is 13.1 Å². The van der Waals surface area contributed by atoms with E-state index in [9.17, 15) is 4.79 Å². The van der Waals surface area contributed by atoms with Crippen molar-refractivity contribution in [3.05, 3.63) is 47.9 Å². The minimum atomic E-state index is -0.0606. The number of furan rings is 1. The zero-order chi connectivity index (χ0) is 19.2. The smallest absolute Gasteiger partial charge is 0.230 e. The standard InChI is InChI=1S/C19H22N4O3S/c1-4-23-18(16-8-9-26-13(16)2)21-22-19(23)27-12-17(24)20-11-14-6-5-7-15(10-14)25-3/h5-10H,4,11-12H2,1-3H3,(H,20,24). The Morgan fingerprint density at radius 1 is 1.33 bits per heavy atom. The average Bonchev–Trinajstić information content (AvgIpc) is 3.29. The molecule has 0 saturated carbocycles. The summed E-state index contributed by atoms with van der Waals surface area (Å²) in [5.74, 6) is 2.53. The highest BCUT2D eigenvalue weighted by Crippen LogP contribution is 2.26. The number of thioether (sulfide) groups is 1. The fourth-order valence-electron chi connectivity index (χ4n) is 2.66. The summed E-state index contributed by atoms with van der Waals surface area (Å²) in [7, 11) is 1.62. The fourth-order valence-corrected chi connectivity index (χ4v) is 3.49. The van der Waals surface area contributed by atoms with Crippen molar-refractivity contribution in [3.8, 4) is 17.1 Å². The van der Waals surface area contributed by atoms with Crippen molar-refractivity contribution in [1.29, 1.82) is 0 Å². The van der Waals surface area contributed by atoms with Crippen molar-refractivity contribution in [2.45, 2.75) is 32.1 Å². The van der Waals surface area contributed by atoms with E-state index in [1.54, 1.807) is 13.4 Å². The van der Waals surface area contributed by atoms with Crippen LogP contribution in [0.2, 0.25) is 0 Å². The topological polar surface area (TPSA) is 82.2 Å². The molecule has 1 amide bonds. The second kappa shape index (κ2) is 8.77. The van der Waals surface area contributed by atoms with E-state index in [2.05, 4.69) is 15.5 Å². The Hall–Kier alpha value is -2.74. The van der Waals surface area contributed by atoms with Crippen LogP contribution < -0.4 is 10.1 Å². The fraction of sp³-hybridized carbons (Fsp3) is 0.316. The molecule has 0 bridgehead atoms. The van der Waals surface area contributed by atoms with Gasteiger partial charge in [-0.1, -0.05) is 23.9 Å². The van der Waals surface area contributed by atoms with E-state index in [4.69, 9.17) is 9.15 Å². The number of hydrogen-bond donors (Lipinski definition) is 1. The predicted molar refractivity (Wildman–Crippen MR) is 104 cm³/mol. The molecule has 0 fully saturated rings. The summed E-state index contributed by atoms with van der Waals surface area (Å²) in [6, 6.07) is 9.50. The first kappa shape index (κ1) is 19.0. The first-order valence-corrected chi connectivity index (χ1v) is 9.61. The molecule has 0 aliphatic heterocycles. The molecule has 2 aromatic heterocycles. The normalized spacial score (nSPS) is 10.8. The maximum Gasteiger partial charge on any atom is 0.230 e. The number of nitrogens with one attached hydrogen (secondary N) is 1. The van der Waals surface area contributed by atoms with Gasteiger partial charge in [-0.05, 0) is 37.6 Å². The van der Waals surface area contributed by atoms with Gasteiger partial charge in [0.15, 0.2) is 11.0 Å². The van der Waals surface area contributed by atoms with Gasteiger partial charge < -0.3 is 19.0 Å². The van der Waals surface area contributed by atoms with Crippen LogP contribution in [0.3, 0.4) is 0 Å². The van der Waals surface area contributed by atoms with E-state index in [0.717, 1.165) is 28.5 Å². The van der Waals surface area contributed by atoms with Crippen LogP contribution in [0.25, 0.3) is 11.4 Å². The van der Waals surface area contributed by atoms with Crippen LogP contribution >= 0.6 is 11.8 Å². The molecule has 0 unspecified atom stereocenters. The molecule has 7 nitrogen and oxygen atoms in total. The van der Waals surface area contributed by atoms with Gasteiger partial charge in [0.25, 0.3) is 0 Å². The number of benzene rings is 1. The number of hydrogen-bond acceptors (Lipinski definition) is 6. The highest BCUT2D eigenvalue weighted by atomic mass is 32.2. The van der Waals surface area contributed by atoms with Crippen LogP contribution in [0.1, 0.15) is 18.2 Å². The number of rotatable bonds is 8. The van der Waals surface area contributed by atoms with Crippen LogP contribution in [0.4, 0.5) is 0 Å². The molecule has 3 rings (SSSR count). The Kier molecular flexibility index (Phi) is 6.18. The van der Waals surface area contributed by atoms with Crippen LogP contribution in [-0.2, 0) is 17.9 Å². The number of carbonyl (C=O) groups is 1. The zero-order valence-corrected chi connectivity index (χ0v) is 16.4. The quantitative estimate of drug-likeness (QED) is 0.598. The van der Waals surface area contributed by atoms with Gasteiger partial charge in [-0.3, -0.25) is 4.79 Å². The van der Waals surface area contributed by atoms with Gasteiger partial charge in [0.1, 0.15) is 11.5 Å². The van der Waals surface area contributed by atoms with E-state index in [1.165, 1.54) is 11.8 Å². The molecule has 0 aliphatic carbocycles. The third-order valence-electron chi connectivity index (χ3n) is 4.09. The summed E-state index contributed by atoms with van der Waals surface area (Å²) < 4.78 is 12.5. The lowest BCUT2D eigenvalue weighted by atomic mass is 10.2. The number of methoxy groups -OCH3 is 1. The Balaban J connectivity index is 1.59. The minimum Gasteiger partial charge on any atom is -0.497 e. The molecule has 27 heavy (non-hydrogen) atoms. The second-order valence-electron chi connectivity index (χ2n) is 5.86. The number of aromatic nitrogens is 3. The molecule has 0 saturated heterocycles. The van der Waals surface area contributed by atoms with Crippen molar-refractivity contribution in [2.24, 2.45) is 0 Å². The van der Waals surface area contributed by atoms with Crippen LogP contribution in [0, 0.1) is 6.92 Å². The third kappa shape index (κ3) is 4.51.